The maximum atomic E-state index is 4.87. The standard InChI is InChI=1S/C6H11N3O/c1-7-4-5-3-6(8-2)10-9-5/h3,7-8H,4H2,1-2H3. The Labute approximate surface area is 59.6 Å². The van der Waals surface area contributed by atoms with Crippen LogP contribution in [0.5, 0.6) is 0 Å². The Morgan fingerprint density at radius 2 is 2.40 bits per heavy atom. The van der Waals surface area contributed by atoms with Crippen LogP contribution >= 0.6 is 0 Å². The molecule has 0 saturated heterocycles. The van der Waals surface area contributed by atoms with Crippen LogP contribution in [0.25, 0.3) is 0 Å². The molecule has 0 bridgehead atoms. The molecule has 2 N–H and O–H groups in total. The first kappa shape index (κ1) is 7.08. The Balaban J connectivity index is 2.59. The quantitative estimate of drug-likeness (QED) is 0.641. The van der Waals surface area contributed by atoms with Gasteiger partial charge < -0.3 is 15.2 Å². The summed E-state index contributed by atoms with van der Waals surface area (Å²) in [6.45, 7) is 0.741. The summed E-state index contributed by atoms with van der Waals surface area (Å²) in [7, 11) is 3.66. The van der Waals surface area contributed by atoms with E-state index in [4.69, 9.17) is 4.52 Å². The molecule has 56 valence electrons. The van der Waals surface area contributed by atoms with Gasteiger partial charge in [0.1, 0.15) is 0 Å². The van der Waals surface area contributed by atoms with Gasteiger partial charge in [-0.3, -0.25) is 0 Å². The molecule has 0 aliphatic carbocycles. The first-order valence-corrected chi connectivity index (χ1v) is 3.14. The molecule has 0 aliphatic heterocycles. The van der Waals surface area contributed by atoms with Gasteiger partial charge in [0.2, 0.25) is 5.88 Å². The van der Waals surface area contributed by atoms with Crippen molar-refractivity contribution in [3.8, 4) is 0 Å². The molecular formula is C6H11N3O. The summed E-state index contributed by atoms with van der Waals surface area (Å²) in [5.41, 5.74) is 0.909. The van der Waals surface area contributed by atoms with Crippen LogP contribution in [0.2, 0.25) is 0 Å². The third-order valence-electron chi connectivity index (χ3n) is 1.16. The highest BCUT2D eigenvalue weighted by molar-refractivity contribution is 5.29. The van der Waals surface area contributed by atoms with Gasteiger partial charge in [-0.05, 0) is 7.05 Å². The normalized spacial score (nSPS) is 9.80. The number of hydrogen-bond acceptors (Lipinski definition) is 4. The van der Waals surface area contributed by atoms with E-state index in [2.05, 4.69) is 15.8 Å². The number of hydrogen-bond donors (Lipinski definition) is 2. The second-order valence-electron chi connectivity index (χ2n) is 1.96. The van der Waals surface area contributed by atoms with Crippen LogP contribution in [-0.2, 0) is 6.54 Å². The first-order valence-electron chi connectivity index (χ1n) is 3.14. The van der Waals surface area contributed by atoms with E-state index in [9.17, 15) is 0 Å². The van der Waals surface area contributed by atoms with Crippen molar-refractivity contribution in [1.29, 1.82) is 0 Å². The lowest BCUT2D eigenvalue weighted by Gasteiger charge is -1.87. The van der Waals surface area contributed by atoms with Crippen molar-refractivity contribution in [3.05, 3.63) is 11.8 Å². The van der Waals surface area contributed by atoms with Gasteiger partial charge >= 0.3 is 0 Å². The molecule has 0 unspecified atom stereocenters. The van der Waals surface area contributed by atoms with Crippen molar-refractivity contribution in [3.63, 3.8) is 0 Å². The van der Waals surface area contributed by atoms with E-state index in [-0.39, 0.29) is 0 Å². The molecule has 0 saturated carbocycles. The molecule has 4 heteroatoms. The Morgan fingerprint density at radius 1 is 1.60 bits per heavy atom. The van der Waals surface area contributed by atoms with Gasteiger partial charge in [-0.1, -0.05) is 5.16 Å². The predicted molar refractivity (Wildman–Crippen MR) is 38.8 cm³/mol. The molecule has 1 heterocycles. The van der Waals surface area contributed by atoms with Crippen LogP contribution in [0, 0.1) is 0 Å². The smallest absolute Gasteiger partial charge is 0.224 e. The second kappa shape index (κ2) is 3.22. The largest absolute Gasteiger partial charge is 0.357 e. The van der Waals surface area contributed by atoms with Crippen LogP contribution in [0.15, 0.2) is 10.6 Å². The highest BCUT2D eigenvalue weighted by Gasteiger charge is 1.98. The van der Waals surface area contributed by atoms with Crippen molar-refractivity contribution in [1.82, 2.24) is 10.5 Å². The number of aromatic nitrogens is 1. The maximum absolute atomic E-state index is 4.87. The SMILES string of the molecule is CNCc1cc(NC)on1. The fourth-order valence-electron chi connectivity index (χ4n) is 0.694. The number of rotatable bonds is 3. The summed E-state index contributed by atoms with van der Waals surface area (Å²) < 4.78 is 4.87. The summed E-state index contributed by atoms with van der Waals surface area (Å²) in [6.07, 6.45) is 0. The van der Waals surface area contributed by atoms with Gasteiger partial charge in [-0.25, -0.2) is 0 Å². The highest BCUT2D eigenvalue weighted by atomic mass is 16.5. The highest BCUT2D eigenvalue weighted by Crippen LogP contribution is 2.06. The fourth-order valence-corrected chi connectivity index (χ4v) is 0.694. The molecule has 10 heavy (non-hydrogen) atoms. The third kappa shape index (κ3) is 1.48. The summed E-state index contributed by atoms with van der Waals surface area (Å²) in [4.78, 5) is 0. The lowest BCUT2D eigenvalue weighted by molar-refractivity contribution is 0.423. The van der Waals surface area contributed by atoms with Gasteiger partial charge in [0, 0.05) is 19.7 Å². The van der Waals surface area contributed by atoms with E-state index < -0.39 is 0 Å². The minimum absolute atomic E-state index is 0.699. The molecule has 0 aromatic carbocycles. The summed E-state index contributed by atoms with van der Waals surface area (Å²) >= 11 is 0. The van der Waals surface area contributed by atoms with Crippen molar-refractivity contribution >= 4 is 5.88 Å². The lowest BCUT2D eigenvalue weighted by Crippen LogP contribution is -2.04. The Bertz CT molecular complexity index is 197. The van der Waals surface area contributed by atoms with Crippen LogP contribution in [0.1, 0.15) is 5.69 Å². The van der Waals surface area contributed by atoms with E-state index in [1.54, 1.807) is 7.05 Å². The van der Waals surface area contributed by atoms with Crippen LogP contribution < -0.4 is 10.6 Å². The van der Waals surface area contributed by atoms with E-state index in [1.165, 1.54) is 0 Å². The zero-order valence-electron chi connectivity index (χ0n) is 6.14. The minimum atomic E-state index is 0.699. The van der Waals surface area contributed by atoms with E-state index in [0.29, 0.717) is 5.88 Å². The minimum Gasteiger partial charge on any atom is -0.357 e. The number of nitrogens with one attached hydrogen (secondary N) is 2. The molecule has 1 aromatic rings. The zero-order chi connectivity index (χ0) is 7.40. The molecule has 0 aliphatic rings. The van der Waals surface area contributed by atoms with Crippen molar-refractivity contribution in [2.75, 3.05) is 19.4 Å². The molecule has 0 radical (unpaired) electrons. The molecule has 1 aromatic heterocycles. The van der Waals surface area contributed by atoms with Gasteiger partial charge in [0.05, 0.1) is 5.69 Å². The van der Waals surface area contributed by atoms with Gasteiger partial charge in [-0.2, -0.15) is 0 Å². The van der Waals surface area contributed by atoms with Crippen molar-refractivity contribution in [2.45, 2.75) is 6.54 Å². The topological polar surface area (TPSA) is 50.1 Å². The fraction of sp³-hybridized carbons (Fsp3) is 0.500. The second-order valence-corrected chi connectivity index (χ2v) is 1.96. The van der Waals surface area contributed by atoms with Crippen LogP contribution in [-0.4, -0.2) is 19.3 Å². The molecule has 0 atom stereocenters. The molecule has 1 rings (SSSR count). The van der Waals surface area contributed by atoms with Crippen LogP contribution in [0.4, 0.5) is 5.88 Å². The Morgan fingerprint density at radius 3 is 2.90 bits per heavy atom. The van der Waals surface area contributed by atoms with E-state index in [1.807, 2.05) is 13.1 Å². The lowest BCUT2D eigenvalue weighted by atomic mass is 10.4. The molecule has 0 amide bonds. The average molecular weight is 141 g/mol. The van der Waals surface area contributed by atoms with Gasteiger partial charge in [0.25, 0.3) is 0 Å². The predicted octanol–water partition coefficient (Wildman–Crippen LogP) is 0.436. The maximum Gasteiger partial charge on any atom is 0.224 e. The number of nitrogens with zero attached hydrogens (tertiary/aromatic N) is 1. The van der Waals surface area contributed by atoms with Crippen LogP contribution in [0.3, 0.4) is 0 Å². The van der Waals surface area contributed by atoms with Crippen molar-refractivity contribution in [2.24, 2.45) is 0 Å². The molecule has 0 spiro atoms. The zero-order valence-corrected chi connectivity index (χ0v) is 6.14. The van der Waals surface area contributed by atoms with Gasteiger partial charge in [-0.15, -0.1) is 0 Å². The van der Waals surface area contributed by atoms with Gasteiger partial charge in [0.15, 0.2) is 0 Å². The molecule has 4 nitrogen and oxygen atoms in total. The summed E-state index contributed by atoms with van der Waals surface area (Å²) in [5.74, 6) is 0.699. The van der Waals surface area contributed by atoms with E-state index >= 15 is 0 Å². The summed E-state index contributed by atoms with van der Waals surface area (Å²) in [5, 5.41) is 9.60. The Kier molecular flexibility index (Phi) is 2.28. The Hall–Kier alpha value is -1.03. The van der Waals surface area contributed by atoms with E-state index in [0.717, 1.165) is 12.2 Å². The molecular weight excluding hydrogens is 130 g/mol. The number of anilines is 1. The third-order valence-corrected chi connectivity index (χ3v) is 1.16. The summed E-state index contributed by atoms with van der Waals surface area (Å²) in [6, 6.07) is 1.86. The van der Waals surface area contributed by atoms with Crippen molar-refractivity contribution < 1.29 is 4.52 Å². The monoisotopic (exact) mass is 141 g/mol. The average Bonchev–Trinajstić information content (AvgIpc) is 2.37. The molecule has 0 fully saturated rings. The first-order chi connectivity index (χ1) is 4.86.